The van der Waals surface area contributed by atoms with Gasteiger partial charge >= 0.3 is 0 Å². The summed E-state index contributed by atoms with van der Waals surface area (Å²) in [4.78, 5) is 46.1. The number of amides is 3. The highest BCUT2D eigenvalue weighted by Gasteiger charge is 2.67. The molecule has 2 saturated heterocycles. The second-order valence-corrected chi connectivity index (χ2v) is 18.1. The van der Waals surface area contributed by atoms with Crippen molar-refractivity contribution in [1.29, 1.82) is 0 Å². The summed E-state index contributed by atoms with van der Waals surface area (Å²) in [5, 5.41) is 9.77. The van der Waals surface area contributed by atoms with Crippen molar-refractivity contribution in [2.24, 2.45) is 5.92 Å². The van der Waals surface area contributed by atoms with E-state index < -0.39 is 31.6 Å². The summed E-state index contributed by atoms with van der Waals surface area (Å²) in [7, 11) is -3.49. The molecule has 2 fully saturated rings. The number of aliphatic hydroxyl groups is 1. The lowest BCUT2D eigenvalue weighted by Crippen LogP contribution is -2.45. The lowest BCUT2D eigenvalue weighted by Gasteiger charge is -2.31. The normalized spacial score (nSPS) is 24.0. The maximum atomic E-state index is 16.4. The molecule has 3 aromatic rings. The largest absolute Gasteiger partial charge is 0.395 e. The fourth-order valence-corrected chi connectivity index (χ4v) is 10.7. The first-order chi connectivity index (χ1) is 22.4. The average molecular weight is 723 g/mol. The molecule has 0 saturated carbocycles. The molecule has 3 heterocycles. The van der Waals surface area contributed by atoms with Gasteiger partial charge in [0, 0.05) is 53.2 Å². The Balaban J connectivity index is 1.33. The van der Waals surface area contributed by atoms with Gasteiger partial charge in [0.2, 0.25) is 20.2 Å². The number of aliphatic hydroxyl groups excluding tert-OH is 1. The Bertz CT molecular complexity index is 1670. The van der Waals surface area contributed by atoms with Gasteiger partial charge in [0.15, 0.2) is 5.60 Å². The fraction of sp³-hybridized carbons (Fsp3) is 0.417. The number of carbonyl (C=O) groups is 3. The molecule has 1 spiro atoms. The molecule has 6 rings (SSSR count). The van der Waals surface area contributed by atoms with Gasteiger partial charge in [-0.15, -0.1) is 0 Å². The van der Waals surface area contributed by atoms with E-state index in [1.807, 2.05) is 79.7 Å². The zero-order chi connectivity index (χ0) is 33.5. The molecule has 0 unspecified atom stereocenters. The number of ether oxygens (including phenoxy) is 1. The number of carbonyl (C=O) groups excluding carboxylic acids is 3. The summed E-state index contributed by atoms with van der Waals surface area (Å²) < 4.78 is 23.9. The van der Waals surface area contributed by atoms with Crippen molar-refractivity contribution in [3.63, 3.8) is 0 Å². The zero-order valence-corrected chi connectivity index (χ0v) is 29.6. The summed E-state index contributed by atoms with van der Waals surface area (Å²) in [6.07, 6.45) is 0.405. The van der Waals surface area contributed by atoms with E-state index in [1.54, 1.807) is 27.8 Å². The van der Waals surface area contributed by atoms with Crippen molar-refractivity contribution in [3.8, 4) is 0 Å². The fourth-order valence-electron chi connectivity index (χ4n) is 7.82. The second-order valence-electron chi connectivity index (χ2n) is 13.4. The van der Waals surface area contributed by atoms with Crippen LogP contribution in [0.2, 0.25) is 18.6 Å². The Hall–Kier alpha value is -3.38. The molecule has 47 heavy (non-hydrogen) atoms. The van der Waals surface area contributed by atoms with Gasteiger partial charge in [-0.05, 0) is 61.0 Å². The van der Waals surface area contributed by atoms with E-state index in [1.165, 1.54) is 0 Å². The van der Waals surface area contributed by atoms with Crippen molar-refractivity contribution in [2.75, 3.05) is 29.5 Å². The third kappa shape index (κ3) is 6.30. The molecule has 0 bridgehead atoms. The summed E-state index contributed by atoms with van der Waals surface area (Å²) in [5.41, 5.74) is 1.80. The quantitative estimate of drug-likeness (QED) is 0.196. The van der Waals surface area contributed by atoms with Gasteiger partial charge in [-0.2, -0.15) is 0 Å². The molecule has 3 aliphatic heterocycles. The van der Waals surface area contributed by atoms with Crippen molar-refractivity contribution < 1.29 is 28.3 Å². The van der Waals surface area contributed by atoms with Crippen LogP contribution in [-0.2, 0) is 37.8 Å². The Morgan fingerprint density at radius 3 is 2.51 bits per heavy atom. The zero-order valence-electron chi connectivity index (χ0n) is 27.0. The minimum absolute atomic E-state index is 0.0904. The molecule has 11 heteroatoms. The molecule has 8 nitrogen and oxygen atoms in total. The summed E-state index contributed by atoms with van der Waals surface area (Å²) in [6, 6.07) is 22.8. The molecule has 0 aromatic heterocycles. The number of fused-ring (bicyclic) bond motifs is 2. The van der Waals surface area contributed by atoms with Crippen LogP contribution in [-0.4, -0.2) is 61.9 Å². The van der Waals surface area contributed by atoms with Gasteiger partial charge in [0.25, 0.3) is 5.91 Å². The van der Waals surface area contributed by atoms with Crippen molar-refractivity contribution in [2.45, 2.75) is 69.6 Å². The van der Waals surface area contributed by atoms with Crippen LogP contribution in [0.15, 0.2) is 77.3 Å². The highest BCUT2D eigenvalue weighted by molar-refractivity contribution is 9.10. The third-order valence-electron chi connectivity index (χ3n) is 9.87. The van der Waals surface area contributed by atoms with E-state index in [0.29, 0.717) is 30.8 Å². The van der Waals surface area contributed by atoms with E-state index >= 15 is 4.11 Å². The first kappa shape index (κ1) is 33.5. The van der Waals surface area contributed by atoms with Gasteiger partial charge < -0.3 is 28.7 Å². The predicted octanol–water partition coefficient (Wildman–Crippen LogP) is 6.31. The summed E-state index contributed by atoms with van der Waals surface area (Å²) in [5.74, 6) is -1.000. The van der Waals surface area contributed by atoms with Gasteiger partial charge in [-0.25, -0.2) is 0 Å². The van der Waals surface area contributed by atoms with Crippen LogP contribution >= 0.6 is 15.9 Å². The molecule has 0 aliphatic carbocycles. The average Bonchev–Trinajstić information content (AvgIpc) is 3.66. The van der Waals surface area contributed by atoms with Crippen LogP contribution in [0.25, 0.3) is 0 Å². The maximum Gasteiger partial charge on any atom is 0.264 e. The van der Waals surface area contributed by atoms with E-state index in [4.69, 9.17) is 4.74 Å². The molecular weight excluding hydrogens is 681 g/mol. The van der Waals surface area contributed by atoms with Crippen LogP contribution in [0.4, 0.5) is 15.5 Å². The maximum absolute atomic E-state index is 16.4. The van der Waals surface area contributed by atoms with Crippen LogP contribution < -0.4 is 9.80 Å². The van der Waals surface area contributed by atoms with Crippen LogP contribution in [0.1, 0.15) is 42.9 Å². The van der Waals surface area contributed by atoms with Crippen molar-refractivity contribution in [1.82, 2.24) is 4.90 Å². The standard InChI is InChI=1S/C36H41BrFN3O5Si/c1-24-34(47(2,3)38)31(21-33(44)39(17-18-42)22-25-9-5-4-6-10-25)46-36(24)29-20-27(37)14-15-30(29)41(35(36)45)23-26-11-7-12-28(19-26)40-16-8-13-32(40)43/h4-7,9-12,14-15,19-20,24,31,34,42H,8,13,16-18,21-23H2,1-3H3/t24-,31+,34-,36+/m0/s1. The van der Waals surface area contributed by atoms with Gasteiger partial charge in [0.1, 0.15) is 0 Å². The van der Waals surface area contributed by atoms with Crippen molar-refractivity contribution >= 4 is 53.4 Å². The Kier molecular flexibility index (Phi) is 9.45. The van der Waals surface area contributed by atoms with E-state index in [9.17, 15) is 19.5 Å². The lowest BCUT2D eigenvalue weighted by molar-refractivity contribution is -0.150. The Morgan fingerprint density at radius 1 is 1.09 bits per heavy atom. The predicted molar refractivity (Wildman–Crippen MR) is 185 cm³/mol. The monoisotopic (exact) mass is 721 g/mol. The number of anilines is 2. The number of rotatable bonds is 10. The molecule has 1 N–H and O–H groups in total. The molecule has 4 atom stereocenters. The van der Waals surface area contributed by atoms with Gasteiger partial charge in [-0.1, -0.05) is 65.3 Å². The van der Waals surface area contributed by atoms with Crippen molar-refractivity contribution in [3.05, 3.63) is 94.0 Å². The van der Waals surface area contributed by atoms with E-state index in [2.05, 4.69) is 15.9 Å². The molecule has 3 amide bonds. The smallest absolute Gasteiger partial charge is 0.264 e. The SMILES string of the molecule is C[C@H]1[C@H]([Si](C)(C)F)[C@@H](CC(=O)N(CCO)Cc2ccccc2)O[C@]12C(=O)N(Cc1cccc(N3CCCC3=O)c1)c1ccc(Br)cc12. The van der Waals surface area contributed by atoms with E-state index in [0.717, 1.165) is 27.7 Å². The summed E-state index contributed by atoms with van der Waals surface area (Å²) >= 11 is 3.58. The van der Waals surface area contributed by atoms with Gasteiger partial charge in [-0.3, -0.25) is 14.4 Å². The van der Waals surface area contributed by atoms with Gasteiger partial charge in [0.05, 0.1) is 31.4 Å². The number of hydrogen-bond donors (Lipinski definition) is 1. The number of nitrogens with zero attached hydrogens (tertiary/aromatic N) is 3. The van der Waals surface area contributed by atoms with E-state index in [-0.39, 0.29) is 43.8 Å². The number of halogens is 2. The number of benzene rings is 3. The highest BCUT2D eigenvalue weighted by Crippen LogP contribution is 2.60. The first-order valence-corrected chi connectivity index (χ1v) is 20.0. The Labute approximate surface area is 284 Å². The minimum atomic E-state index is -3.49. The summed E-state index contributed by atoms with van der Waals surface area (Å²) in [6.45, 7) is 6.26. The minimum Gasteiger partial charge on any atom is -0.395 e. The van der Waals surface area contributed by atoms with Crippen LogP contribution in [0.5, 0.6) is 0 Å². The first-order valence-electron chi connectivity index (χ1n) is 16.2. The Morgan fingerprint density at radius 2 is 1.83 bits per heavy atom. The third-order valence-corrected chi connectivity index (χ3v) is 12.8. The molecular formula is C36H41BrFN3O5Si. The van der Waals surface area contributed by atoms with Crippen LogP contribution in [0.3, 0.4) is 0 Å². The molecule has 0 radical (unpaired) electrons. The topological polar surface area (TPSA) is 90.4 Å². The second kappa shape index (κ2) is 13.3. The molecule has 3 aliphatic rings. The number of hydrogen-bond acceptors (Lipinski definition) is 5. The lowest BCUT2D eigenvalue weighted by atomic mass is 9.82. The van der Waals surface area contributed by atoms with Crippen LogP contribution in [0, 0.1) is 5.92 Å². The molecule has 248 valence electrons. The molecule has 3 aromatic carbocycles. The highest BCUT2D eigenvalue weighted by atomic mass is 79.9.